The maximum absolute atomic E-state index is 12.1. The molecule has 96 valence electrons. The molecule has 0 fully saturated rings. The number of aromatic amines is 1. The van der Waals surface area contributed by atoms with Gasteiger partial charge < -0.3 is 5.73 Å². The van der Waals surface area contributed by atoms with Crippen molar-refractivity contribution in [2.45, 2.75) is 17.9 Å². The average Bonchev–Trinajstić information content (AvgIpc) is 2.82. The second-order valence-electron chi connectivity index (χ2n) is 3.91. The molecule has 1 unspecified atom stereocenters. The number of hydrogen-bond acceptors (Lipinski definition) is 4. The van der Waals surface area contributed by atoms with E-state index in [1.165, 1.54) is 6.07 Å². The number of nitrogens with two attached hydrogens (primary N) is 1. The third-order valence-corrected chi connectivity index (χ3v) is 4.17. The lowest BCUT2D eigenvalue weighted by Gasteiger charge is -2.13. The molecule has 0 aliphatic heterocycles. The van der Waals surface area contributed by atoms with E-state index in [1.807, 2.05) is 0 Å². The quantitative estimate of drug-likeness (QED) is 0.719. The summed E-state index contributed by atoms with van der Waals surface area (Å²) in [5.41, 5.74) is 6.65. The van der Waals surface area contributed by atoms with Crippen LogP contribution in [0.25, 0.3) is 0 Å². The van der Waals surface area contributed by atoms with Gasteiger partial charge in [-0.2, -0.15) is 5.10 Å². The Morgan fingerprint density at radius 3 is 2.72 bits per heavy atom. The number of nitrogens with zero attached hydrogens (tertiary/aromatic N) is 1. The summed E-state index contributed by atoms with van der Waals surface area (Å²) in [6, 6.07) is 5.96. The molecule has 1 heterocycles. The molecule has 1 aromatic heterocycles. The fraction of sp³-hybridized carbons (Fsp3) is 0.182. The highest BCUT2D eigenvalue weighted by atomic mass is 32.2. The van der Waals surface area contributed by atoms with Crippen LogP contribution in [0.15, 0.2) is 41.6 Å². The molecule has 1 aromatic carbocycles. The molecule has 18 heavy (non-hydrogen) atoms. The van der Waals surface area contributed by atoms with Gasteiger partial charge in [-0.3, -0.25) is 5.10 Å². The Balaban J connectivity index is 2.26. The number of rotatable bonds is 4. The molecular formula is C11H14N4O2S. The third-order valence-electron chi connectivity index (χ3n) is 2.56. The van der Waals surface area contributed by atoms with Crippen LogP contribution in [0.4, 0.5) is 5.69 Å². The molecule has 0 amide bonds. The van der Waals surface area contributed by atoms with Gasteiger partial charge >= 0.3 is 0 Å². The molecule has 0 radical (unpaired) electrons. The Bertz CT molecular complexity index is 622. The second kappa shape index (κ2) is 4.79. The van der Waals surface area contributed by atoms with Crippen molar-refractivity contribution in [2.24, 2.45) is 0 Å². The first-order chi connectivity index (χ1) is 8.50. The maximum Gasteiger partial charge on any atom is 0.243 e. The number of H-pyrrole nitrogens is 1. The van der Waals surface area contributed by atoms with Gasteiger partial charge in [0.2, 0.25) is 10.0 Å². The van der Waals surface area contributed by atoms with Crippen LogP contribution in [-0.4, -0.2) is 18.6 Å². The SMILES string of the molecule is CC(NS(=O)(=O)c1ccccc1N)c1cn[nH]c1. The van der Waals surface area contributed by atoms with Crippen LogP contribution in [0.5, 0.6) is 0 Å². The Kier molecular flexibility index (Phi) is 3.35. The molecule has 0 saturated heterocycles. The summed E-state index contributed by atoms with van der Waals surface area (Å²) in [6.07, 6.45) is 3.21. The zero-order chi connectivity index (χ0) is 13.2. The van der Waals surface area contributed by atoms with E-state index in [0.717, 1.165) is 5.56 Å². The molecular weight excluding hydrogens is 252 g/mol. The number of aromatic nitrogens is 2. The fourth-order valence-corrected chi connectivity index (χ4v) is 2.95. The standard InChI is InChI=1S/C11H14N4O2S/c1-8(9-6-13-14-7-9)15-18(16,17)11-5-3-2-4-10(11)12/h2-8,15H,12H2,1H3,(H,13,14). The van der Waals surface area contributed by atoms with Crippen LogP contribution in [0.3, 0.4) is 0 Å². The van der Waals surface area contributed by atoms with E-state index >= 15 is 0 Å². The number of benzene rings is 1. The predicted molar refractivity (Wildman–Crippen MR) is 68.2 cm³/mol. The van der Waals surface area contributed by atoms with Crippen molar-refractivity contribution in [1.29, 1.82) is 0 Å². The number of nitrogen functional groups attached to an aromatic ring is 1. The van der Waals surface area contributed by atoms with Crippen molar-refractivity contribution in [3.63, 3.8) is 0 Å². The van der Waals surface area contributed by atoms with Gasteiger partial charge in [0.25, 0.3) is 0 Å². The summed E-state index contributed by atoms with van der Waals surface area (Å²) in [4.78, 5) is 0.0837. The molecule has 0 aliphatic carbocycles. The summed E-state index contributed by atoms with van der Waals surface area (Å²) in [5.74, 6) is 0. The number of anilines is 1. The summed E-state index contributed by atoms with van der Waals surface area (Å²) >= 11 is 0. The molecule has 2 rings (SSSR count). The lowest BCUT2D eigenvalue weighted by atomic mass is 10.2. The van der Waals surface area contributed by atoms with Crippen LogP contribution in [0.1, 0.15) is 18.5 Å². The van der Waals surface area contributed by atoms with Gasteiger partial charge in [0.1, 0.15) is 4.90 Å². The minimum absolute atomic E-state index is 0.0837. The van der Waals surface area contributed by atoms with E-state index in [4.69, 9.17) is 5.73 Å². The molecule has 0 aliphatic rings. The molecule has 6 nitrogen and oxygen atoms in total. The fourth-order valence-electron chi connectivity index (χ4n) is 1.59. The second-order valence-corrected chi connectivity index (χ2v) is 5.59. The molecule has 7 heteroatoms. The van der Waals surface area contributed by atoms with Crippen LogP contribution < -0.4 is 10.5 Å². The lowest BCUT2D eigenvalue weighted by Crippen LogP contribution is -2.27. The minimum Gasteiger partial charge on any atom is -0.398 e. The zero-order valence-corrected chi connectivity index (χ0v) is 10.6. The Morgan fingerprint density at radius 1 is 1.39 bits per heavy atom. The smallest absolute Gasteiger partial charge is 0.243 e. The van der Waals surface area contributed by atoms with E-state index < -0.39 is 10.0 Å². The molecule has 0 bridgehead atoms. The highest BCUT2D eigenvalue weighted by Gasteiger charge is 2.20. The molecule has 0 spiro atoms. The first-order valence-electron chi connectivity index (χ1n) is 5.36. The molecule has 2 aromatic rings. The van der Waals surface area contributed by atoms with Crippen molar-refractivity contribution in [1.82, 2.24) is 14.9 Å². The van der Waals surface area contributed by atoms with Gasteiger partial charge in [-0.15, -0.1) is 0 Å². The number of para-hydroxylation sites is 1. The van der Waals surface area contributed by atoms with Crippen LogP contribution in [0, 0.1) is 0 Å². The summed E-state index contributed by atoms with van der Waals surface area (Å²) < 4.78 is 26.8. The highest BCUT2D eigenvalue weighted by Crippen LogP contribution is 2.20. The van der Waals surface area contributed by atoms with Crippen LogP contribution >= 0.6 is 0 Å². The van der Waals surface area contributed by atoms with Crippen molar-refractivity contribution in [3.8, 4) is 0 Å². The van der Waals surface area contributed by atoms with Gasteiger partial charge in [0.05, 0.1) is 11.9 Å². The number of nitrogens with one attached hydrogen (secondary N) is 2. The minimum atomic E-state index is -3.63. The Labute approximate surface area is 105 Å². The van der Waals surface area contributed by atoms with Crippen molar-refractivity contribution in [3.05, 3.63) is 42.2 Å². The average molecular weight is 266 g/mol. The Morgan fingerprint density at radius 2 is 2.11 bits per heavy atom. The normalized spacial score (nSPS) is 13.4. The van der Waals surface area contributed by atoms with Crippen LogP contribution in [0.2, 0.25) is 0 Å². The van der Waals surface area contributed by atoms with Crippen molar-refractivity contribution >= 4 is 15.7 Å². The lowest BCUT2D eigenvalue weighted by molar-refractivity contribution is 0.567. The Hall–Kier alpha value is -1.86. The van der Waals surface area contributed by atoms with E-state index in [0.29, 0.717) is 0 Å². The topological polar surface area (TPSA) is 101 Å². The van der Waals surface area contributed by atoms with Crippen LogP contribution in [-0.2, 0) is 10.0 Å². The van der Waals surface area contributed by atoms with Gasteiger partial charge in [-0.25, -0.2) is 13.1 Å². The van der Waals surface area contributed by atoms with E-state index in [-0.39, 0.29) is 16.6 Å². The van der Waals surface area contributed by atoms with Gasteiger partial charge in [-0.1, -0.05) is 12.1 Å². The molecule has 4 N–H and O–H groups in total. The van der Waals surface area contributed by atoms with Crippen molar-refractivity contribution < 1.29 is 8.42 Å². The van der Waals surface area contributed by atoms with Gasteiger partial charge in [0.15, 0.2) is 0 Å². The molecule has 1 atom stereocenters. The van der Waals surface area contributed by atoms with Crippen molar-refractivity contribution in [2.75, 3.05) is 5.73 Å². The largest absolute Gasteiger partial charge is 0.398 e. The van der Waals surface area contributed by atoms with E-state index in [9.17, 15) is 8.42 Å². The summed E-state index contributed by atoms with van der Waals surface area (Å²) in [6.45, 7) is 1.74. The van der Waals surface area contributed by atoms with Gasteiger partial charge in [-0.05, 0) is 19.1 Å². The monoisotopic (exact) mass is 266 g/mol. The predicted octanol–water partition coefficient (Wildman–Crippen LogP) is 1.03. The number of hydrogen-bond donors (Lipinski definition) is 3. The summed E-state index contributed by atoms with van der Waals surface area (Å²) in [7, 11) is -3.63. The van der Waals surface area contributed by atoms with E-state index in [1.54, 1.807) is 37.5 Å². The highest BCUT2D eigenvalue weighted by molar-refractivity contribution is 7.89. The van der Waals surface area contributed by atoms with Gasteiger partial charge in [0, 0.05) is 17.8 Å². The third kappa shape index (κ3) is 2.52. The van der Waals surface area contributed by atoms with E-state index in [2.05, 4.69) is 14.9 Å². The first-order valence-corrected chi connectivity index (χ1v) is 6.84. The maximum atomic E-state index is 12.1. The zero-order valence-electron chi connectivity index (χ0n) is 9.79. The first kappa shape index (κ1) is 12.6. The number of sulfonamides is 1. The molecule has 0 saturated carbocycles. The summed E-state index contributed by atoms with van der Waals surface area (Å²) in [5, 5.41) is 6.42.